The van der Waals surface area contributed by atoms with Crippen molar-refractivity contribution in [2.75, 3.05) is 37.6 Å². The summed E-state index contributed by atoms with van der Waals surface area (Å²) in [7, 11) is 0. The van der Waals surface area contributed by atoms with Gasteiger partial charge in [-0.1, -0.05) is 66.7 Å². The van der Waals surface area contributed by atoms with Crippen LogP contribution < -0.4 is 9.80 Å². The SMILES string of the molecule is C(=Cc1ccccc1)C[NH+]1CCN(c2nc(-c3ccccc3)cs2)CC1. The molecule has 1 N–H and O–H groups in total. The van der Waals surface area contributed by atoms with E-state index in [4.69, 9.17) is 4.98 Å². The molecule has 1 saturated heterocycles. The number of nitrogens with zero attached hydrogens (tertiary/aromatic N) is 2. The standard InChI is InChI=1S/C22H23N3S/c1-3-8-19(9-4-1)10-7-13-24-14-16-25(17-15-24)22-23-21(18-26-22)20-11-5-2-6-12-20/h1-12,18H,13-17H2/p+1. The van der Waals surface area contributed by atoms with Gasteiger partial charge in [0.15, 0.2) is 5.13 Å². The van der Waals surface area contributed by atoms with Gasteiger partial charge in [-0.2, -0.15) is 0 Å². The first-order valence-corrected chi connectivity index (χ1v) is 10.1. The van der Waals surface area contributed by atoms with Gasteiger partial charge in [0.1, 0.15) is 0 Å². The summed E-state index contributed by atoms with van der Waals surface area (Å²) in [6.45, 7) is 5.58. The summed E-state index contributed by atoms with van der Waals surface area (Å²) in [6.07, 6.45) is 4.53. The van der Waals surface area contributed by atoms with Crippen molar-refractivity contribution in [1.82, 2.24) is 4.98 Å². The minimum absolute atomic E-state index is 1.08. The lowest BCUT2D eigenvalue weighted by Gasteiger charge is -2.31. The first kappa shape index (κ1) is 17.0. The Labute approximate surface area is 159 Å². The zero-order chi connectivity index (χ0) is 17.6. The highest BCUT2D eigenvalue weighted by Gasteiger charge is 2.21. The van der Waals surface area contributed by atoms with Crippen molar-refractivity contribution in [2.24, 2.45) is 0 Å². The topological polar surface area (TPSA) is 20.6 Å². The molecule has 0 saturated carbocycles. The second-order valence-electron chi connectivity index (χ2n) is 6.64. The second kappa shape index (κ2) is 8.30. The molecule has 0 bridgehead atoms. The summed E-state index contributed by atoms with van der Waals surface area (Å²) in [6, 6.07) is 21.0. The number of benzene rings is 2. The number of piperazine rings is 1. The maximum absolute atomic E-state index is 4.85. The first-order valence-electron chi connectivity index (χ1n) is 9.19. The molecular weight excluding hydrogens is 338 g/mol. The van der Waals surface area contributed by atoms with Crippen molar-refractivity contribution in [3.05, 3.63) is 77.7 Å². The van der Waals surface area contributed by atoms with E-state index in [0.29, 0.717) is 0 Å². The number of rotatable bonds is 5. The molecule has 3 nitrogen and oxygen atoms in total. The number of hydrogen-bond acceptors (Lipinski definition) is 3. The fourth-order valence-corrected chi connectivity index (χ4v) is 4.18. The van der Waals surface area contributed by atoms with Crippen LogP contribution in [0, 0.1) is 0 Å². The van der Waals surface area contributed by atoms with Crippen LogP contribution in [0.3, 0.4) is 0 Å². The van der Waals surface area contributed by atoms with Crippen LogP contribution in [-0.4, -0.2) is 37.7 Å². The highest BCUT2D eigenvalue weighted by molar-refractivity contribution is 7.14. The van der Waals surface area contributed by atoms with E-state index in [1.54, 1.807) is 16.2 Å². The predicted molar refractivity (Wildman–Crippen MR) is 111 cm³/mol. The zero-order valence-corrected chi connectivity index (χ0v) is 15.7. The Morgan fingerprint density at radius 2 is 1.65 bits per heavy atom. The maximum Gasteiger partial charge on any atom is 0.186 e. The summed E-state index contributed by atoms with van der Waals surface area (Å²) < 4.78 is 0. The van der Waals surface area contributed by atoms with E-state index in [2.05, 4.69) is 77.0 Å². The Morgan fingerprint density at radius 3 is 2.38 bits per heavy atom. The van der Waals surface area contributed by atoms with Crippen molar-refractivity contribution in [3.63, 3.8) is 0 Å². The zero-order valence-electron chi connectivity index (χ0n) is 14.8. The molecule has 0 aliphatic carbocycles. The monoisotopic (exact) mass is 362 g/mol. The molecule has 3 aromatic rings. The first-order chi connectivity index (χ1) is 12.9. The molecule has 0 unspecified atom stereocenters. The van der Waals surface area contributed by atoms with Gasteiger partial charge in [-0.05, 0) is 11.6 Å². The summed E-state index contributed by atoms with van der Waals surface area (Å²) in [4.78, 5) is 8.93. The molecule has 0 spiro atoms. The van der Waals surface area contributed by atoms with Crippen LogP contribution in [0.25, 0.3) is 17.3 Å². The normalized spacial score (nSPS) is 15.6. The summed E-state index contributed by atoms with van der Waals surface area (Å²) in [5, 5.41) is 3.33. The van der Waals surface area contributed by atoms with Gasteiger partial charge in [-0.25, -0.2) is 4.98 Å². The second-order valence-corrected chi connectivity index (χ2v) is 7.47. The molecule has 2 heterocycles. The van der Waals surface area contributed by atoms with E-state index in [1.807, 2.05) is 6.07 Å². The van der Waals surface area contributed by atoms with Gasteiger partial charge in [-0.3, -0.25) is 0 Å². The largest absolute Gasteiger partial charge is 0.337 e. The molecule has 0 amide bonds. The Balaban J connectivity index is 1.30. The minimum Gasteiger partial charge on any atom is -0.337 e. The third-order valence-corrected chi connectivity index (χ3v) is 5.72. The average molecular weight is 363 g/mol. The Hall–Kier alpha value is -2.43. The number of hydrogen-bond donors (Lipinski definition) is 1. The van der Waals surface area contributed by atoms with Gasteiger partial charge in [0.25, 0.3) is 0 Å². The lowest BCUT2D eigenvalue weighted by molar-refractivity contribution is -0.894. The molecule has 1 fully saturated rings. The van der Waals surface area contributed by atoms with Gasteiger partial charge in [0, 0.05) is 10.9 Å². The Bertz CT molecular complexity index is 834. The smallest absolute Gasteiger partial charge is 0.186 e. The van der Waals surface area contributed by atoms with E-state index >= 15 is 0 Å². The fourth-order valence-electron chi connectivity index (χ4n) is 3.30. The fraction of sp³-hybridized carbons (Fsp3) is 0.227. The van der Waals surface area contributed by atoms with Crippen molar-refractivity contribution in [2.45, 2.75) is 0 Å². The molecule has 4 rings (SSSR count). The van der Waals surface area contributed by atoms with E-state index in [0.717, 1.165) is 30.5 Å². The van der Waals surface area contributed by atoms with Gasteiger partial charge in [0.05, 0.1) is 38.4 Å². The number of nitrogens with one attached hydrogen (secondary N) is 1. The lowest BCUT2D eigenvalue weighted by atomic mass is 10.2. The van der Waals surface area contributed by atoms with Crippen LogP contribution >= 0.6 is 11.3 Å². The van der Waals surface area contributed by atoms with Crippen LogP contribution in [0.15, 0.2) is 72.1 Å². The van der Waals surface area contributed by atoms with Gasteiger partial charge in [-0.15, -0.1) is 11.3 Å². The molecular formula is C22H24N3S+. The molecule has 26 heavy (non-hydrogen) atoms. The highest BCUT2D eigenvalue weighted by Crippen LogP contribution is 2.27. The Kier molecular flexibility index (Phi) is 5.43. The van der Waals surface area contributed by atoms with E-state index < -0.39 is 0 Å². The van der Waals surface area contributed by atoms with E-state index in [9.17, 15) is 0 Å². The van der Waals surface area contributed by atoms with Crippen molar-refractivity contribution in [3.8, 4) is 11.3 Å². The molecule has 1 aliphatic rings. The van der Waals surface area contributed by atoms with Crippen LogP contribution in [0.4, 0.5) is 5.13 Å². The van der Waals surface area contributed by atoms with E-state index in [1.165, 1.54) is 24.2 Å². The molecule has 4 heteroatoms. The molecule has 1 aliphatic heterocycles. The summed E-state index contributed by atoms with van der Waals surface area (Å²) in [5.74, 6) is 0. The van der Waals surface area contributed by atoms with Crippen molar-refractivity contribution in [1.29, 1.82) is 0 Å². The van der Waals surface area contributed by atoms with Crippen molar-refractivity contribution < 1.29 is 4.90 Å². The maximum atomic E-state index is 4.85. The van der Waals surface area contributed by atoms with Crippen LogP contribution in [0.5, 0.6) is 0 Å². The molecule has 0 atom stereocenters. The number of thiazole rings is 1. The predicted octanol–water partition coefficient (Wildman–Crippen LogP) is 3.23. The lowest BCUT2D eigenvalue weighted by Crippen LogP contribution is -3.14. The van der Waals surface area contributed by atoms with Crippen molar-refractivity contribution >= 4 is 22.5 Å². The molecule has 2 aromatic carbocycles. The Morgan fingerprint density at radius 1 is 0.962 bits per heavy atom. The van der Waals surface area contributed by atoms with Crippen LogP contribution in [0.1, 0.15) is 5.56 Å². The molecule has 132 valence electrons. The summed E-state index contributed by atoms with van der Waals surface area (Å²) in [5.41, 5.74) is 3.57. The quantitative estimate of drug-likeness (QED) is 0.752. The van der Waals surface area contributed by atoms with Gasteiger partial charge in [0.2, 0.25) is 0 Å². The van der Waals surface area contributed by atoms with E-state index in [-0.39, 0.29) is 0 Å². The van der Waals surface area contributed by atoms with Crippen LogP contribution in [-0.2, 0) is 0 Å². The summed E-state index contributed by atoms with van der Waals surface area (Å²) >= 11 is 1.76. The number of aromatic nitrogens is 1. The number of quaternary nitrogens is 1. The van der Waals surface area contributed by atoms with Gasteiger partial charge < -0.3 is 9.80 Å². The molecule has 0 radical (unpaired) electrons. The third-order valence-electron chi connectivity index (χ3n) is 4.82. The minimum atomic E-state index is 1.08. The molecule has 1 aromatic heterocycles. The number of anilines is 1. The highest BCUT2D eigenvalue weighted by atomic mass is 32.1. The average Bonchev–Trinajstić information content (AvgIpc) is 3.20. The van der Waals surface area contributed by atoms with Gasteiger partial charge >= 0.3 is 0 Å². The van der Waals surface area contributed by atoms with Crippen LogP contribution in [0.2, 0.25) is 0 Å². The third kappa shape index (κ3) is 4.21.